The van der Waals surface area contributed by atoms with Crippen molar-refractivity contribution in [1.29, 1.82) is 0 Å². The largest absolute Gasteiger partial charge is 0.497 e. The van der Waals surface area contributed by atoms with Crippen LogP contribution in [-0.2, 0) is 11.3 Å². The number of aromatic nitrogens is 2. The minimum Gasteiger partial charge on any atom is -0.497 e. The zero-order valence-electron chi connectivity index (χ0n) is 14.9. The molecule has 1 N–H and O–H groups in total. The molecule has 5 heteroatoms. The van der Waals surface area contributed by atoms with Crippen molar-refractivity contribution in [3.8, 4) is 17.0 Å². The predicted molar refractivity (Wildman–Crippen MR) is 101 cm³/mol. The van der Waals surface area contributed by atoms with Gasteiger partial charge in [-0.05, 0) is 17.7 Å². The second-order valence-electron chi connectivity index (χ2n) is 6.46. The van der Waals surface area contributed by atoms with Crippen LogP contribution in [0, 0.1) is 0 Å². The fourth-order valence-corrected chi connectivity index (χ4v) is 3.34. The molecule has 0 amide bonds. The number of benzene rings is 2. The Morgan fingerprint density at radius 1 is 1.19 bits per heavy atom. The number of methoxy groups -OCH3 is 1. The van der Waals surface area contributed by atoms with Gasteiger partial charge in [0.05, 0.1) is 38.3 Å². The lowest BCUT2D eigenvalue weighted by molar-refractivity contribution is -0.0156. The molecule has 5 nitrogen and oxygen atoms in total. The monoisotopic (exact) mass is 349 g/mol. The second-order valence-corrected chi connectivity index (χ2v) is 6.46. The lowest BCUT2D eigenvalue weighted by Gasteiger charge is -2.34. The number of nitrogens with zero attached hydrogens (tertiary/aromatic N) is 2. The van der Waals surface area contributed by atoms with Crippen LogP contribution in [0.25, 0.3) is 11.3 Å². The van der Waals surface area contributed by atoms with Gasteiger partial charge in [-0.2, -0.15) is 0 Å². The van der Waals surface area contributed by atoms with E-state index >= 15 is 0 Å². The molecule has 26 heavy (non-hydrogen) atoms. The highest BCUT2D eigenvalue weighted by Crippen LogP contribution is 2.27. The van der Waals surface area contributed by atoms with Crippen molar-refractivity contribution in [2.75, 3.05) is 26.9 Å². The summed E-state index contributed by atoms with van der Waals surface area (Å²) in [6.07, 6.45) is 1.89. The molecule has 1 aromatic heterocycles. The van der Waals surface area contributed by atoms with Gasteiger partial charge in [0.15, 0.2) is 0 Å². The predicted octanol–water partition coefficient (Wildman–Crippen LogP) is 3.66. The van der Waals surface area contributed by atoms with E-state index in [-0.39, 0.29) is 6.04 Å². The molecule has 2 heterocycles. The van der Waals surface area contributed by atoms with E-state index in [1.54, 1.807) is 7.11 Å². The minimum atomic E-state index is 0.128. The molecule has 0 aliphatic carbocycles. The van der Waals surface area contributed by atoms with Crippen LogP contribution >= 0.6 is 0 Å². The first-order valence-corrected chi connectivity index (χ1v) is 8.88. The molecule has 0 bridgehead atoms. The number of H-pyrrole nitrogens is 1. The Kier molecular flexibility index (Phi) is 5.00. The number of hydrogen-bond donors (Lipinski definition) is 1. The number of imidazole rings is 1. The fourth-order valence-electron chi connectivity index (χ4n) is 3.34. The van der Waals surface area contributed by atoms with Crippen molar-refractivity contribution in [3.05, 3.63) is 72.2 Å². The summed E-state index contributed by atoms with van der Waals surface area (Å²) >= 11 is 0. The van der Waals surface area contributed by atoms with Gasteiger partial charge in [-0.25, -0.2) is 4.98 Å². The lowest BCUT2D eigenvalue weighted by atomic mass is 10.1. The van der Waals surface area contributed by atoms with E-state index in [2.05, 4.69) is 45.2 Å². The standard InChI is InChI=1S/C21H23N3O2/c1-25-18-9-5-8-17(12-18)19-13-22-21(23-19)20-15-26-11-10-24(20)14-16-6-3-2-4-7-16/h2-9,12-13,20H,10-11,14-15H2,1H3,(H,22,23). The average molecular weight is 349 g/mol. The molecule has 1 fully saturated rings. The van der Waals surface area contributed by atoms with Gasteiger partial charge in [0.1, 0.15) is 11.6 Å². The number of ether oxygens (including phenoxy) is 2. The van der Waals surface area contributed by atoms with Gasteiger partial charge < -0.3 is 14.5 Å². The Bertz CT molecular complexity index is 847. The van der Waals surface area contributed by atoms with Crippen LogP contribution in [0.5, 0.6) is 5.75 Å². The van der Waals surface area contributed by atoms with Gasteiger partial charge in [0.2, 0.25) is 0 Å². The molecule has 4 rings (SSSR count). The summed E-state index contributed by atoms with van der Waals surface area (Å²) in [4.78, 5) is 10.5. The molecule has 0 spiro atoms. The Morgan fingerprint density at radius 3 is 2.92 bits per heavy atom. The molecule has 1 aliphatic heterocycles. The minimum absolute atomic E-state index is 0.128. The Morgan fingerprint density at radius 2 is 2.08 bits per heavy atom. The molecular formula is C21H23N3O2. The summed E-state index contributed by atoms with van der Waals surface area (Å²) < 4.78 is 11.1. The van der Waals surface area contributed by atoms with E-state index in [9.17, 15) is 0 Å². The van der Waals surface area contributed by atoms with Crippen LogP contribution in [-0.4, -0.2) is 41.7 Å². The van der Waals surface area contributed by atoms with E-state index < -0.39 is 0 Å². The van der Waals surface area contributed by atoms with E-state index in [1.807, 2.05) is 30.5 Å². The van der Waals surface area contributed by atoms with Crippen LogP contribution in [0.2, 0.25) is 0 Å². The Labute approximate surface area is 153 Å². The van der Waals surface area contributed by atoms with Crippen molar-refractivity contribution in [3.63, 3.8) is 0 Å². The smallest absolute Gasteiger partial charge is 0.126 e. The SMILES string of the molecule is COc1cccc(-c2cnc(C3COCCN3Cc3ccccc3)[nH]2)c1. The second kappa shape index (κ2) is 7.72. The zero-order chi connectivity index (χ0) is 17.8. The number of rotatable bonds is 5. The highest BCUT2D eigenvalue weighted by Gasteiger charge is 2.27. The van der Waals surface area contributed by atoms with E-state index in [1.165, 1.54) is 5.56 Å². The topological polar surface area (TPSA) is 50.4 Å². The highest BCUT2D eigenvalue weighted by atomic mass is 16.5. The molecule has 1 atom stereocenters. The normalized spacial score (nSPS) is 18.0. The van der Waals surface area contributed by atoms with Crippen LogP contribution in [0.1, 0.15) is 17.4 Å². The number of nitrogens with one attached hydrogen (secondary N) is 1. The lowest BCUT2D eigenvalue weighted by Crippen LogP contribution is -2.39. The third-order valence-electron chi connectivity index (χ3n) is 4.76. The van der Waals surface area contributed by atoms with Crippen LogP contribution in [0.15, 0.2) is 60.8 Å². The summed E-state index contributed by atoms with van der Waals surface area (Å²) in [5, 5.41) is 0. The van der Waals surface area contributed by atoms with Crippen molar-refractivity contribution in [2.24, 2.45) is 0 Å². The molecule has 1 aliphatic rings. The van der Waals surface area contributed by atoms with Gasteiger partial charge in [-0.1, -0.05) is 42.5 Å². The first kappa shape index (κ1) is 16.8. The van der Waals surface area contributed by atoms with E-state index in [0.717, 1.165) is 42.5 Å². The average Bonchev–Trinajstić information content (AvgIpc) is 3.19. The van der Waals surface area contributed by atoms with Gasteiger partial charge >= 0.3 is 0 Å². The summed E-state index contributed by atoms with van der Waals surface area (Å²) in [6.45, 7) is 3.20. The molecule has 1 unspecified atom stereocenters. The maximum atomic E-state index is 5.73. The van der Waals surface area contributed by atoms with E-state index in [0.29, 0.717) is 6.61 Å². The summed E-state index contributed by atoms with van der Waals surface area (Å²) in [5.41, 5.74) is 3.36. The van der Waals surface area contributed by atoms with Gasteiger partial charge in [-0.15, -0.1) is 0 Å². The Balaban J connectivity index is 1.56. The van der Waals surface area contributed by atoms with Crippen molar-refractivity contribution >= 4 is 0 Å². The van der Waals surface area contributed by atoms with Gasteiger partial charge in [0, 0.05) is 18.7 Å². The molecule has 0 radical (unpaired) electrons. The summed E-state index contributed by atoms with van der Waals surface area (Å²) in [7, 11) is 1.68. The number of aromatic amines is 1. The first-order valence-electron chi connectivity index (χ1n) is 8.88. The van der Waals surface area contributed by atoms with Gasteiger partial charge in [0.25, 0.3) is 0 Å². The summed E-state index contributed by atoms with van der Waals surface area (Å²) in [5.74, 6) is 1.78. The number of hydrogen-bond acceptors (Lipinski definition) is 4. The van der Waals surface area contributed by atoms with Crippen molar-refractivity contribution in [1.82, 2.24) is 14.9 Å². The Hall–Kier alpha value is -2.63. The van der Waals surface area contributed by atoms with Crippen LogP contribution < -0.4 is 4.74 Å². The first-order chi connectivity index (χ1) is 12.8. The molecular weight excluding hydrogens is 326 g/mol. The third-order valence-corrected chi connectivity index (χ3v) is 4.76. The summed E-state index contributed by atoms with van der Waals surface area (Å²) in [6, 6.07) is 18.7. The zero-order valence-corrected chi connectivity index (χ0v) is 14.9. The quantitative estimate of drug-likeness (QED) is 0.764. The number of morpholine rings is 1. The highest BCUT2D eigenvalue weighted by molar-refractivity contribution is 5.60. The van der Waals surface area contributed by atoms with E-state index in [4.69, 9.17) is 9.47 Å². The maximum absolute atomic E-state index is 5.73. The fraction of sp³-hybridized carbons (Fsp3) is 0.286. The third kappa shape index (κ3) is 3.64. The van der Waals surface area contributed by atoms with Gasteiger partial charge in [-0.3, -0.25) is 4.90 Å². The molecule has 3 aromatic rings. The van der Waals surface area contributed by atoms with Crippen molar-refractivity contribution < 1.29 is 9.47 Å². The van der Waals surface area contributed by atoms with Crippen LogP contribution in [0.4, 0.5) is 0 Å². The molecule has 0 saturated carbocycles. The molecule has 2 aromatic carbocycles. The van der Waals surface area contributed by atoms with Crippen molar-refractivity contribution in [2.45, 2.75) is 12.6 Å². The molecule has 1 saturated heterocycles. The maximum Gasteiger partial charge on any atom is 0.126 e. The molecule has 134 valence electrons. The van der Waals surface area contributed by atoms with Crippen LogP contribution in [0.3, 0.4) is 0 Å².